The minimum absolute atomic E-state index is 0.776. The third kappa shape index (κ3) is 2.94. The molecule has 0 aliphatic rings. The summed E-state index contributed by atoms with van der Waals surface area (Å²) >= 11 is 6.23. The largest absolute Gasteiger partial charge is 0.313 e. The van der Waals surface area contributed by atoms with Gasteiger partial charge in [-0.15, -0.1) is 0 Å². The fourth-order valence-electron chi connectivity index (χ4n) is 2.67. The fraction of sp³-hybridized carbons (Fsp3) is 0.158. The summed E-state index contributed by atoms with van der Waals surface area (Å²) in [5.41, 5.74) is 3.72. The van der Waals surface area contributed by atoms with Gasteiger partial charge in [0.15, 0.2) is 0 Å². The maximum atomic E-state index is 6.23. The van der Waals surface area contributed by atoms with E-state index in [1.165, 1.54) is 27.5 Å². The van der Waals surface area contributed by atoms with Gasteiger partial charge in [-0.3, -0.25) is 0 Å². The first-order valence-corrected chi connectivity index (χ1v) is 7.64. The summed E-state index contributed by atoms with van der Waals surface area (Å²) in [4.78, 5) is 0. The molecule has 0 fully saturated rings. The van der Waals surface area contributed by atoms with Crippen molar-refractivity contribution in [2.24, 2.45) is 0 Å². The highest BCUT2D eigenvalue weighted by Gasteiger charge is 2.09. The minimum Gasteiger partial charge on any atom is -0.313 e. The van der Waals surface area contributed by atoms with E-state index >= 15 is 0 Å². The van der Waals surface area contributed by atoms with E-state index in [1.807, 2.05) is 6.07 Å². The van der Waals surface area contributed by atoms with Crippen molar-refractivity contribution >= 4 is 22.4 Å². The zero-order chi connectivity index (χ0) is 14.7. The first-order valence-electron chi connectivity index (χ1n) is 7.27. The Kier molecular flexibility index (Phi) is 4.23. The molecule has 0 saturated heterocycles. The van der Waals surface area contributed by atoms with Crippen molar-refractivity contribution in [1.29, 1.82) is 0 Å². The Hall–Kier alpha value is -1.83. The van der Waals surface area contributed by atoms with Gasteiger partial charge in [-0.2, -0.15) is 0 Å². The zero-order valence-electron chi connectivity index (χ0n) is 12.1. The van der Waals surface area contributed by atoms with Crippen molar-refractivity contribution in [2.45, 2.75) is 13.5 Å². The van der Waals surface area contributed by atoms with Crippen LogP contribution in [0.2, 0.25) is 5.02 Å². The third-order valence-corrected chi connectivity index (χ3v) is 3.95. The van der Waals surface area contributed by atoms with E-state index in [4.69, 9.17) is 11.6 Å². The van der Waals surface area contributed by atoms with Gasteiger partial charge in [0.2, 0.25) is 0 Å². The summed E-state index contributed by atoms with van der Waals surface area (Å²) in [6, 6.07) is 21.0. The Morgan fingerprint density at radius 3 is 2.57 bits per heavy atom. The normalized spacial score (nSPS) is 11.0. The SMILES string of the molecule is CCNCc1ccc(Cl)cc1-c1cccc2ccccc12. The molecule has 0 spiro atoms. The second kappa shape index (κ2) is 6.30. The average Bonchev–Trinajstić information content (AvgIpc) is 2.53. The number of halogens is 1. The lowest BCUT2D eigenvalue weighted by molar-refractivity contribution is 0.728. The number of hydrogen-bond acceptors (Lipinski definition) is 1. The van der Waals surface area contributed by atoms with Crippen LogP contribution in [0.25, 0.3) is 21.9 Å². The summed E-state index contributed by atoms with van der Waals surface area (Å²) in [5, 5.41) is 6.69. The van der Waals surface area contributed by atoms with Gasteiger partial charge in [-0.05, 0) is 46.1 Å². The first kappa shape index (κ1) is 14.1. The van der Waals surface area contributed by atoms with Gasteiger partial charge >= 0.3 is 0 Å². The molecular weight excluding hydrogens is 278 g/mol. The predicted octanol–water partition coefficient (Wildman–Crippen LogP) is 5.27. The van der Waals surface area contributed by atoms with Crippen LogP contribution in [-0.2, 0) is 6.54 Å². The second-order valence-corrected chi connectivity index (χ2v) is 5.54. The zero-order valence-corrected chi connectivity index (χ0v) is 12.8. The lowest BCUT2D eigenvalue weighted by Gasteiger charge is -2.13. The van der Waals surface area contributed by atoms with E-state index < -0.39 is 0 Å². The van der Waals surface area contributed by atoms with E-state index in [1.54, 1.807) is 0 Å². The lowest BCUT2D eigenvalue weighted by atomic mass is 9.94. The molecule has 0 heterocycles. The van der Waals surface area contributed by atoms with Crippen molar-refractivity contribution in [3.8, 4) is 11.1 Å². The molecule has 3 aromatic carbocycles. The molecule has 3 rings (SSSR count). The summed E-state index contributed by atoms with van der Waals surface area (Å²) in [7, 11) is 0. The van der Waals surface area contributed by atoms with Crippen molar-refractivity contribution in [3.63, 3.8) is 0 Å². The summed E-state index contributed by atoms with van der Waals surface area (Å²) in [5.74, 6) is 0. The topological polar surface area (TPSA) is 12.0 Å². The molecule has 0 bridgehead atoms. The highest BCUT2D eigenvalue weighted by Crippen LogP contribution is 2.32. The molecular formula is C19H18ClN. The Morgan fingerprint density at radius 2 is 1.71 bits per heavy atom. The predicted molar refractivity (Wildman–Crippen MR) is 91.8 cm³/mol. The molecule has 21 heavy (non-hydrogen) atoms. The van der Waals surface area contributed by atoms with Crippen LogP contribution >= 0.6 is 11.6 Å². The monoisotopic (exact) mass is 295 g/mol. The van der Waals surface area contributed by atoms with Crippen molar-refractivity contribution in [1.82, 2.24) is 5.32 Å². The molecule has 0 amide bonds. The summed E-state index contributed by atoms with van der Waals surface area (Å²) in [6.07, 6.45) is 0. The summed E-state index contributed by atoms with van der Waals surface area (Å²) < 4.78 is 0. The van der Waals surface area contributed by atoms with Gasteiger partial charge in [0.1, 0.15) is 0 Å². The van der Waals surface area contributed by atoms with E-state index in [-0.39, 0.29) is 0 Å². The van der Waals surface area contributed by atoms with Gasteiger partial charge in [-0.1, -0.05) is 67.1 Å². The molecule has 1 nitrogen and oxygen atoms in total. The third-order valence-electron chi connectivity index (χ3n) is 3.72. The number of hydrogen-bond donors (Lipinski definition) is 1. The lowest BCUT2D eigenvalue weighted by Crippen LogP contribution is -2.12. The Bertz CT molecular complexity index is 759. The molecule has 2 heteroatoms. The molecule has 1 N–H and O–H groups in total. The fourth-order valence-corrected chi connectivity index (χ4v) is 2.85. The van der Waals surface area contributed by atoms with Crippen molar-refractivity contribution < 1.29 is 0 Å². The van der Waals surface area contributed by atoms with Crippen molar-refractivity contribution in [3.05, 3.63) is 71.2 Å². The maximum Gasteiger partial charge on any atom is 0.0412 e. The van der Waals surface area contributed by atoms with Crippen LogP contribution in [0.15, 0.2) is 60.7 Å². The number of rotatable bonds is 4. The smallest absolute Gasteiger partial charge is 0.0412 e. The average molecular weight is 296 g/mol. The van der Waals surface area contributed by atoms with Crippen LogP contribution in [0.5, 0.6) is 0 Å². The molecule has 0 radical (unpaired) electrons. The number of benzene rings is 3. The van der Waals surface area contributed by atoms with Gasteiger partial charge in [0, 0.05) is 11.6 Å². The van der Waals surface area contributed by atoms with Crippen LogP contribution in [0, 0.1) is 0 Å². The van der Waals surface area contributed by atoms with E-state index in [0.717, 1.165) is 18.1 Å². The first-order chi connectivity index (χ1) is 10.3. The number of fused-ring (bicyclic) bond motifs is 1. The van der Waals surface area contributed by atoms with E-state index in [9.17, 15) is 0 Å². The molecule has 106 valence electrons. The standard InChI is InChI=1S/C19H18ClN/c1-2-21-13-15-10-11-16(20)12-19(15)18-9-5-7-14-6-3-4-8-17(14)18/h3-12,21H,2,13H2,1H3. The highest BCUT2D eigenvalue weighted by molar-refractivity contribution is 6.31. The van der Waals surface area contributed by atoms with Gasteiger partial charge < -0.3 is 5.32 Å². The van der Waals surface area contributed by atoms with Gasteiger partial charge in [-0.25, -0.2) is 0 Å². The highest BCUT2D eigenvalue weighted by atomic mass is 35.5. The summed E-state index contributed by atoms with van der Waals surface area (Å²) in [6.45, 7) is 3.93. The van der Waals surface area contributed by atoms with Gasteiger partial charge in [0.25, 0.3) is 0 Å². The molecule has 0 unspecified atom stereocenters. The van der Waals surface area contributed by atoms with Crippen LogP contribution in [0.1, 0.15) is 12.5 Å². The Morgan fingerprint density at radius 1 is 0.905 bits per heavy atom. The quantitative estimate of drug-likeness (QED) is 0.691. The van der Waals surface area contributed by atoms with Crippen LogP contribution < -0.4 is 5.32 Å². The second-order valence-electron chi connectivity index (χ2n) is 5.11. The molecule has 0 atom stereocenters. The van der Waals surface area contributed by atoms with Crippen molar-refractivity contribution in [2.75, 3.05) is 6.54 Å². The molecule has 0 aliphatic carbocycles. The van der Waals surface area contributed by atoms with E-state index in [2.05, 4.69) is 66.8 Å². The minimum atomic E-state index is 0.776. The maximum absolute atomic E-state index is 6.23. The van der Waals surface area contributed by atoms with Gasteiger partial charge in [0.05, 0.1) is 0 Å². The Balaban J connectivity index is 2.19. The Labute approximate surface area is 130 Å². The molecule has 0 aliphatic heterocycles. The van der Waals surface area contributed by atoms with Crippen LogP contribution in [-0.4, -0.2) is 6.54 Å². The molecule has 0 saturated carbocycles. The molecule has 3 aromatic rings. The van der Waals surface area contributed by atoms with E-state index in [0.29, 0.717) is 0 Å². The molecule has 0 aromatic heterocycles. The number of nitrogens with one attached hydrogen (secondary N) is 1. The van der Waals surface area contributed by atoms with Crippen LogP contribution in [0.4, 0.5) is 0 Å². The van der Waals surface area contributed by atoms with Crippen LogP contribution in [0.3, 0.4) is 0 Å².